The van der Waals surface area contributed by atoms with Gasteiger partial charge in [-0.1, -0.05) is 6.07 Å². The molecule has 126 valence electrons. The summed E-state index contributed by atoms with van der Waals surface area (Å²) in [6.07, 6.45) is 2.50. The number of nitrogens with one attached hydrogen (secondary N) is 1. The van der Waals surface area contributed by atoms with Crippen LogP contribution in [0.25, 0.3) is 0 Å². The Labute approximate surface area is 138 Å². The van der Waals surface area contributed by atoms with E-state index in [0.717, 1.165) is 36.3 Å². The van der Waals surface area contributed by atoms with Crippen molar-refractivity contribution in [2.75, 3.05) is 24.6 Å². The number of ether oxygens (including phenoxy) is 1. The monoisotopic (exact) mass is 318 g/mol. The third-order valence-corrected chi connectivity index (χ3v) is 4.01. The van der Waals surface area contributed by atoms with Crippen LogP contribution in [0.15, 0.2) is 18.2 Å². The summed E-state index contributed by atoms with van der Waals surface area (Å²) in [6, 6.07) is 6.01. The molecular formula is C18H26N2O3. The van der Waals surface area contributed by atoms with E-state index >= 15 is 0 Å². The highest BCUT2D eigenvalue weighted by atomic mass is 16.5. The summed E-state index contributed by atoms with van der Waals surface area (Å²) in [4.78, 5) is 25.6. The molecule has 0 spiro atoms. The smallest absolute Gasteiger partial charge is 0.223 e. The topological polar surface area (TPSA) is 58.6 Å². The molecular weight excluding hydrogens is 292 g/mol. The predicted molar refractivity (Wildman–Crippen MR) is 90.5 cm³/mol. The zero-order valence-corrected chi connectivity index (χ0v) is 14.2. The zero-order valence-electron chi connectivity index (χ0n) is 14.2. The molecule has 23 heavy (non-hydrogen) atoms. The van der Waals surface area contributed by atoms with Gasteiger partial charge >= 0.3 is 0 Å². The lowest BCUT2D eigenvalue weighted by Gasteiger charge is -2.22. The molecule has 1 N–H and O–H groups in total. The Morgan fingerprint density at radius 2 is 1.96 bits per heavy atom. The molecule has 2 rings (SSSR count). The van der Waals surface area contributed by atoms with E-state index < -0.39 is 0 Å². The Hall–Kier alpha value is -1.88. The van der Waals surface area contributed by atoms with Crippen LogP contribution in [0.1, 0.15) is 37.3 Å². The lowest BCUT2D eigenvalue weighted by Crippen LogP contribution is -2.36. The molecule has 0 saturated carbocycles. The molecule has 0 radical (unpaired) electrons. The first-order valence-electron chi connectivity index (χ1n) is 8.20. The van der Waals surface area contributed by atoms with Crippen molar-refractivity contribution in [1.82, 2.24) is 5.32 Å². The first-order chi connectivity index (χ1) is 11.0. The second kappa shape index (κ2) is 8.11. The van der Waals surface area contributed by atoms with Crippen molar-refractivity contribution < 1.29 is 14.3 Å². The van der Waals surface area contributed by atoms with E-state index in [4.69, 9.17) is 4.74 Å². The maximum absolute atomic E-state index is 12.0. The fourth-order valence-electron chi connectivity index (χ4n) is 2.91. The van der Waals surface area contributed by atoms with Gasteiger partial charge in [0, 0.05) is 38.7 Å². The fraction of sp³-hybridized carbons (Fsp3) is 0.556. The number of nitrogens with zero attached hydrogens (tertiary/aromatic N) is 1. The predicted octanol–water partition coefficient (Wildman–Crippen LogP) is 2.34. The van der Waals surface area contributed by atoms with Gasteiger partial charge in [0.15, 0.2) is 0 Å². The van der Waals surface area contributed by atoms with Crippen molar-refractivity contribution in [2.24, 2.45) is 0 Å². The van der Waals surface area contributed by atoms with Crippen LogP contribution in [0.5, 0.6) is 0 Å². The summed E-state index contributed by atoms with van der Waals surface area (Å²) in [5, 5.41) is 2.89. The van der Waals surface area contributed by atoms with Crippen molar-refractivity contribution in [3.8, 4) is 0 Å². The summed E-state index contributed by atoms with van der Waals surface area (Å²) in [5.41, 5.74) is 3.06. The van der Waals surface area contributed by atoms with Gasteiger partial charge in [0.05, 0.1) is 6.10 Å². The molecule has 1 aromatic rings. The van der Waals surface area contributed by atoms with E-state index in [2.05, 4.69) is 11.4 Å². The molecule has 1 fully saturated rings. The molecule has 1 heterocycles. The molecule has 1 aliphatic heterocycles. The first-order valence-corrected chi connectivity index (χ1v) is 8.20. The van der Waals surface area contributed by atoms with Crippen LogP contribution >= 0.6 is 0 Å². The maximum Gasteiger partial charge on any atom is 0.223 e. The number of anilines is 1. The van der Waals surface area contributed by atoms with Crippen LogP contribution in [0.3, 0.4) is 0 Å². The number of amides is 2. The van der Waals surface area contributed by atoms with Crippen molar-refractivity contribution in [1.29, 1.82) is 0 Å². The summed E-state index contributed by atoms with van der Waals surface area (Å²) in [6.45, 7) is 7.26. The number of aryl methyl sites for hydroxylation is 2. The highest BCUT2D eigenvalue weighted by molar-refractivity contribution is 5.92. The SMILES string of the molecule is CC(=O)N(CCC(=O)NCC1CCCO1)c1cc(C)cc(C)c1. The lowest BCUT2D eigenvalue weighted by molar-refractivity contribution is -0.121. The van der Waals surface area contributed by atoms with Crippen molar-refractivity contribution in [3.05, 3.63) is 29.3 Å². The van der Waals surface area contributed by atoms with Crippen LogP contribution < -0.4 is 10.2 Å². The summed E-state index contributed by atoms with van der Waals surface area (Å²) >= 11 is 0. The van der Waals surface area contributed by atoms with Crippen molar-refractivity contribution in [2.45, 2.75) is 46.1 Å². The number of benzene rings is 1. The van der Waals surface area contributed by atoms with Crippen LogP contribution in [0.4, 0.5) is 5.69 Å². The minimum atomic E-state index is -0.0538. The largest absolute Gasteiger partial charge is 0.376 e. The molecule has 0 bridgehead atoms. The third kappa shape index (κ3) is 5.36. The van der Waals surface area contributed by atoms with Crippen LogP contribution in [-0.2, 0) is 14.3 Å². The highest BCUT2D eigenvalue weighted by Crippen LogP contribution is 2.19. The van der Waals surface area contributed by atoms with Gasteiger partial charge in [-0.25, -0.2) is 0 Å². The highest BCUT2D eigenvalue weighted by Gasteiger charge is 2.17. The van der Waals surface area contributed by atoms with Gasteiger partial charge in [-0.05, 0) is 49.9 Å². The zero-order chi connectivity index (χ0) is 16.8. The molecule has 1 aromatic carbocycles. The summed E-state index contributed by atoms with van der Waals surface area (Å²) in [5.74, 6) is -0.0990. The van der Waals surface area contributed by atoms with Crippen molar-refractivity contribution >= 4 is 17.5 Å². The Kier molecular flexibility index (Phi) is 6.16. The van der Waals surface area contributed by atoms with Gasteiger partial charge in [0.2, 0.25) is 11.8 Å². The van der Waals surface area contributed by atoms with Crippen LogP contribution in [0.2, 0.25) is 0 Å². The number of hydrogen-bond acceptors (Lipinski definition) is 3. The van der Waals surface area contributed by atoms with Gasteiger partial charge in [-0.15, -0.1) is 0 Å². The molecule has 0 aromatic heterocycles. The molecule has 1 aliphatic rings. The molecule has 0 aliphatic carbocycles. The minimum Gasteiger partial charge on any atom is -0.376 e. The van der Waals surface area contributed by atoms with E-state index in [1.807, 2.05) is 26.0 Å². The first kappa shape index (κ1) is 17.5. The molecule has 1 atom stereocenters. The van der Waals surface area contributed by atoms with Gasteiger partial charge in [0.25, 0.3) is 0 Å². The summed E-state index contributed by atoms with van der Waals surface area (Å²) in [7, 11) is 0. The molecule has 5 nitrogen and oxygen atoms in total. The van der Waals surface area contributed by atoms with Crippen molar-refractivity contribution in [3.63, 3.8) is 0 Å². The van der Waals surface area contributed by atoms with E-state index in [-0.39, 0.29) is 17.9 Å². The maximum atomic E-state index is 12.0. The molecule has 1 saturated heterocycles. The Bertz CT molecular complexity index is 545. The number of carbonyl (C=O) groups excluding carboxylic acids is 2. The van der Waals surface area contributed by atoms with Gasteiger partial charge < -0.3 is 15.0 Å². The molecule has 1 unspecified atom stereocenters. The van der Waals surface area contributed by atoms with Crippen LogP contribution in [0, 0.1) is 13.8 Å². The lowest BCUT2D eigenvalue weighted by atomic mass is 10.1. The number of carbonyl (C=O) groups is 2. The van der Waals surface area contributed by atoms with Gasteiger partial charge in [-0.2, -0.15) is 0 Å². The average molecular weight is 318 g/mol. The quantitative estimate of drug-likeness (QED) is 0.876. The summed E-state index contributed by atoms with van der Waals surface area (Å²) < 4.78 is 5.48. The minimum absolute atomic E-state index is 0.0453. The molecule has 2 amide bonds. The van der Waals surface area contributed by atoms with Crippen LogP contribution in [-0.4, -0.2) is 37.6 Å². The number of rotatable bonds is 6. The Balaban J connectivity index is 1.89. The van der Waals surface area contributed by atoms with Gasteiger partial charge in [0.1, 0.15) is 0 Å². The standard InChI is InChI=1S/C18H26N2O3/c1-13-9-14(2)11-16(10-13)20(15(3)21)7-6-18(22)19-12-17-5-4-8-23-17/h9-11,17H,4-8,12H2,1-3H3,(H,19,22). The van der Waals surface area contributed by atoms with E-state index in [0.29, 0.717) is 19.5 Å². The average Bonchev–Trinajstić information content (AvgIpc) is 2.97. The fourth-order valence-corrected chi connectivity index (χ4v) is 2.91. The molecule has 5 heteroatoms. The van der Waals surface area contributed by atoms with E-state index in [1.54, 1.807) is 4.90 Å². The van der Waals surface area contributed by atoms with E-state index in [9.17, 15) is 9.59 Å². The number of hydrogen-bond donors (Lipinski definition) is 1. The van der Waals surface area contributed by atoms with Gasteiger partial charge in [-0.3, -0.25) is 9.59 Å². The third-order valence-electron chi connectivity index (χ3n) is 4.01. The Morgan fingerprint density at radius 3 is 2.52 bits per heavy atom. The van der Waals surface area contributed by atoms with E-state index in [1.165, 1.54) is 6.92 Å². The second-order valence-corrected chi connectivity index (χ2v) is 6.21. The normalized spacial score (nSPS) is 17.1. The second-order valence-electron chi connectivity index (χ2n) is 6.21. The Morgan fingerprint density at radius 1 is 1.26 bits per heavy atom.